The van der Waals surface area contributed by atoms with E-state index in [1.807, 2.05) is 6.07 Å². The van der Waals surface area contributed by atoms with Crippen LogP contribution in [0.5, 0.6) is 0 Å². The molecular weight excluding hydrogens is 269 g/mol. The number of rotatable bonds is 3. The van der Waals surface area contributed by atoms with Crippen molar-refractivity contribution in [3.05, 3.63) is 28.8 Å². The Morgan fingerprint density at radius 1 is 1.44 bits per heavy atom. The predicted molar refractivity (Wildman–Crippen MR) is 63.1 cm³/mol. The molecule has 86 valence electrons. The maximum absolute atomic E-state index is 11.4. The second kappa shape index (κ2) is 5.05. The van der Waals surface area contributed by atoms with E-state index in [4.69, 9.17) is 27.5 Å². The third-order valence-corrected chi connectivity index (χ3v) is 3.87. The molecule has 3 nitrogen and oxygen atoms in total. The molecule has 16 heavy (non-hydrogen) atoms. The molecule has 0 spiro atoms. The van der Waals surface area contributed by atoms with Crippen molar-refractivity contribution in [2.75, 3.05) is 0 Å². The predicted octanol–water partition coefficient (Wildman–Crippen LogP) is 2.79. The number of nitriles is 1. The van der Waals surface area contributed by atoms with E-state index in [9.17, 15) is 8.42 Å². The number of hydrogen-bond acceptors (Lipinski definition) is 3. The molecule has 0 unspecified atom stereocenters. The molecule has 6 heteroatoms. The molecule has 1 rings (SSSR count). The zero-order valence-electron chi connectivity index (χ0n) is 8.50. The van der Waals surface area contributed by atoms with Crippen LogP contribution in [0.25, 0.3) is 0 Å². The summed E-state index contributed by atoms with van der Waals surface area (Å²) in [6.45, 7) is 1.79. The molecule has 0 bridgehead atoms. The Hall–Kier alpha value is -0.760. The molecule has 0 fully saturated rings. The summed E-state index contributed by atoms with van der Waals surface area (Å²) in [4.78, 5) is -0.104. The van der Waals surface area contributed by atoms with Crippen LogP contribution in [-0.4, -0.2) is 8.42 Å². The van der Waals surface area contributed by atoms with E-state index in [0.717, 1.165) is 0 Å². The van der Waals surface area contributed by atoms with Gasteiger partial charge in [0, 0.05) is 16.6 Å². The molecule has 1 aromatic rings. The van der Waals surface area contributed by atoms with Crippen molar-refractivity contribution in [1.29, 1.82) is 5.26 Å². The second-order valence-electron chi connectivity index (χ2n) is 3.17. The van der Waals surface area contributed by atoms with Crippen molar-refractivity contribution >= 4 is 31.3 Å². The molecule has 0 radical (unpaired) electrons. The lowest BCUT2D eigenvalue weighted by atomic mass is 10.1. The zero-order chi connectivity index (χ0) is 12.3. The molecule has 0 atom stereocenters. The Balaban J connectivity index is 3.65. The highest BCUT2D eigenvalue weighted by molar-refractivity contribution is 8.13. The first-order chi connectivity index (χ1) is 7.43. The van der Waals surface area contributed by atoms with Gasteiger partial charge in [0.05, 0.1) is 5.56 Å². The first-order valence-electron chi connectivity index (χ1n) is 4.50. The molecule has 0 amide bonds. The standard InChI is InChI=1S/C10H9Cl2NO2S/c1-2-8-3-7(5-11)4-9(6-13)10(8)16(12,14)15/h3-4H,2,5H2,1H3. The van der Waals surface area contributed by atoms with Crippen molar-refractivity contribution in [2.45, 2.75) is 24.1 Å². The number of halogens is 2. The smallest absolute Gasteiger partial charge is 0.207 e. The van der Waals surface area contributed by atoms with Crippen LogP contribution in [0.1, 0.15) is 23.6 Å². The third-order valence-electron chi connectivity index (χ3n) is 2.13. The lowest BCUT2D eigenvalue weighted by molar-refractivity contribution is 0.608. The van der Waals surface area contributed by atoms with E-state index in [0.29, 0.717) is 17.5 Å². The van der Waals surface area contributed by atoms with Gasteiger partial charge in [-0.15, -0.1) is 11.6 Å². The van der Waals surface area contributed by atoms with Crippen molar-refractivity contribution in [1.82, 2.24) is 0 Å². The van der Waals surface area contributed by atoms with E-state index in [-0.39, 0.29) is 16.3 Å². The van der Waals surface area contributed by atoms with Crippen LogP contribution in [0.15, 0.2) is 17.0 Å². The minimum absolute atomic E-state index is 0.0463. The van der Waals surface area contributed by atoms with E-state index in [1.54, 1.807) is 13.0 Å². The van der Waals surface area contributed by atoms with Gasteiger partial charge in [0.2, 0.25) is 0 Å². The summed E-state index contributed by atoms with van der Waals surface area (Å²) in [7, 11) is 1.40. The summed E-state index contributed by atoms with van der Waals surface area (Å²) < 4.78 is 22.7. The lowest BCUT2D eigenvalue weighted by Crippen LogP contribution is -2.02. The second-order valence-corrected chi connectivity index (χ2v) is 5.94. The Bertz CT molecular complexity index is 547. The fourth-order valence-corrected chi connectivity index (χ4v) is 3.05. The minimum Gasteiger partial charge on any atom is -0.207 e. The Morgan fingerprint density at radius 2 is 2.06 bits per heavy atom. The van der Waals surface area contributed by atoms with Crippen LogP contribution in [-0.2, 0) is 21.4 Å². The van der Waals surface area contributed by atoms with Gasteiger partial charge in [-0.25, -0.2) is 8.42 Å². The summed E-state index contributed by atoms with van der Waals surface area (Å²) in [6, 6.07) is 4.93. The third kappa shape index (κ3) is 2.67. The van der Waals surface area contributed by atoms with Gasteiger partial charge in [-0.3, -0.25) is 0 Å². The number of hydrogen-bond donors (Lipinski definition) is 0. The zero-order valence-corrected chi connectivity index (χ0v) is 10.8. The van der Waals surface area contributed by atoms with Gasteiger partial charge >= 0.3 is 0 Å². The van der Waals surface area contributed by atoms with Crippen molar-refractivity contribution < 1.29 is 8.42 Å². The van der Waals surface area contributed by atoms with Gasteiger partial charge in [0.1, 0.15) is 11.0 Å². The summed E-state index contributed by atoms with van der Waals surface area (Å²) in [5.74, 6) is 0.226. The monoisotopic (exact) mass is 277 g/mol. The van der Waals surface area contributed by atoms with Gasteiger partial charge in [-0.2, -0.15) is 5.26 Å². The largest absolute Gasteiger partial charge is 0.262 e. The van der Waals surface area contributed by atoms with Gasteiger partial charge < -0.3 is 0 Å². The highest BCUT2D eigenvalue weighted by Crippen LogP contribution is 2.26. The summed E-state index contributed by atoms with van der Waals surface area (Å²) in [5.41, 5.74) is 1.27. The minimum atomic E-state index is -3.91. The van der Waals surface area contributed by atoms with Crippen LogP contribution >= 0.6 is 22.3 Å². The average molecular weight is 278 g/mol. The van der Waals surface area contributed by atoms with Crippen molar-refractivity contribution in [3.8, 4) is 6.07 Å². The first kappa shape index (κ1) is 13.3. The molecular formula is C10H9Cl2NO2S. The Morgan fingerprint density at radius 3 is 2.44 bits per heavy atom. The summed E-state index contributed by atoms with van der Waals surface area (Å²) in [6.07, 6.45) is 0.473. The molecule has 0 saturated heterocycles. The number of aryl methyl sites for hydroxylation is 1. The SMILES string of the molecule is CCc1cc(CCl)cc(C#N)c1S(=O)(=O)Cl. The molecule has 0 heterocycles. The van der Waals surface area contributed by atoms with Gasteiger partial charge in [-0.05, 0) is 23.6 Å². The molecule has 0 N–H and O–H groups in total. The van der Waals surface area contributed by atoms with E-state index < -0.39 is 9.05 Å². The van der Waals surface area contributed by atoms with Crippen LogP contribution in [0, 0.1) is 11.3 Å². The molecule has 0 aliphatic rings. The van der Waals surface area contributed by atoms with E-state index in [2.05, 4.69) is 0 Å². The number of benzene rings is 1. The maximum Gasteiger partial charge on any atom is 0.262 e. The normalized spacial score (nSPS) is 11.1. The topological polar surface area (TPSA) is 57.9 Å². The van der Waals surface area contributed by atoms with Gasteiger partial charge in [0.15, 0.2) is 0 Å². The Labute approximate surface area is 104 Å². The van der Waals surface area contributed by atoms with Crippen LogP contribution in [0.2, 0.25) is 0 Å². The van der Waals surface area contributed by atoms with Gasteiger partial charge in [-0.1, -0.05) is 13.0 Å². The van der Waals surface area contributed by atoms with Crippen LogP contribution < -0.4 is 0 Å². The summed E-state index contributed by atoms with van der Waals surface area (Å²) in [5, 5.41) is 8.91. The van der Waals surface area contributed by atoms with Crippen LogP contribution in [0.4, 0.5) is 0 Å². The fraction of sp³-hybridized carbons (Fsp3) is 0.300. The maximum atomic E-state index is 11.4. The van der Waals surface area contributed by atoms with Crippen molar-refractivity contribution in [3.63, 3.8) is 0 Å². The fourth-order valence-electron chi connectivity index (χ4n) is 1.47. The lowest BCUT2D eigenvalue weighted by Gasteiger charge is -2.08. The highest BCUT2D eigenvalue weighted by atomic mass is 35.7. The summed E-state index contributed by atoms with van der Waals surface area (Å²) >= 11 is 5.66. The van der Waals surface area contributed by atoms with Gasteiger partial charge in [0.25, 0.3) is 9.05 Å². The molecule has 0 aliphatic heterocycles. The van der Waals surface area contributed by atoms with E-state index in [1.165, 1.54) is 6.07 Å². The quantitative estimate of drug-likeness (QED) is 0.631. The number of alkyl halides is 1. The van der Waals surface area contributed by atoms with Crippen molar-refractivity contribution in [2.24, 2.45) is 0 Å². The first-order valence-corrected chi connectivity index (χ1v) is 7.35. The highest BCUT2D eigenvalue weighted by Gasteiger charge is 2.20. The molecule has 0 aromatic heterocycles. The average Bonchev–Trinajstić information content (AvgIpc) is 2.25. The van der Waals surface area contributed by atoms with Crippen LogP contribution in [0.3, 0.4) is 0 Å². The molecule has 0 aliphatic carbocycles. The molecule has 1 aromatic carbocycles. The number of nitrogens with zero attached hydrogens (tertiary/aromatic N) is 1. The Kier molecular flexibility index (Phi) is 4.20. The van der Waals surface area contributed by atoms with E-state index >= 15 is 0 Å². The molecule has 0 saturated carbocycles.